The maximum atomic E-state index is 13.2. The molecule has 0 saturated carbocycles. The lowest BCUT2D eigenvalue weighted by Crippen LogP contribution is -2.71. The second kappa shape index (κ2) is 9.49. The number of amides is 2. The van der Waals surface area contributed by atoms with Gasteiger partial charge in [0.1, 0.15) is 33.9 Å². The van der Waals surface area contributed by atoms with Gasteiger partial charge in [0.25, 0.3) is 11.8 Å². The molecule has 0 spiro atoms. The van der Waals surface area contributed by atoms with Crippen LogP contribution in [-0.2, 0) is 25.8 Å². The van der Waals surface area contributed by atoms with Crippen LogP contribution in [0.1, 0.15) is 11.5 Å². The van der Waals surface area contributed by atoms with Crippen molar-refractivity contribution < 1.29 is 24.3 Å². The minimum Gasteiger partial charge on any atom is -0.477 e. The normalized spacial score (nSPS) is 26.1. The number of carboxylic acid groups (broad SMARTS) is 1. The minimum atomic E-state index is -1.22. The van der Waals surface area contributed by atoms with Crippen molar-refractivity contribution in [1.82, 2.24) is 40.2 Å². The van der Waals surface area contributed by atoms with Gasteiger partial charge < -0.3 is 26.0 Å². The maximum Gasteiger partial charge on any atom is 0.352 e. The van der Waals surface area contributed by atoms with Gasteiger partial charge in [-0.3, -0.25) is 19.5 Å². The number of aromatic amines is 1. The van der Waals surface area contributed by atoms with Crippen LogP contribution in [0.25, 0.3) is 0 Å². The molecule has 4 aliphatic heterocycles. The van der Waals surface area contributed by atoms with Crippen molar-refractivity contribution in [3.05, 3.63) is 40.6 Å². The number of fused-ring (bicyclic) bond motifs is 3. The molecule has 2 fully saturated rings. The molecule has 2 bridgehead atoms. The number of imidazole rings is 1. The summed E-state index contributed by atoms with van der Waals surface area (Å²) >= 11 is 3.85. The molecule has 0 radical (unpaired) electrons. The number of β-lactam (4-membered cyclic amide) rings is 1. The number of rotatable bonds is 8. The highest BCUT2D eigenvalue weighted by molar-refractivity contribution is 8.01. The van der Waals surface area contributed by atoms with Gasteiger partial charge in [0.15, 0.2) is 23.3 Å². The maximum absolute atomic E-state index is 13.2. The van der Waals surface area contributed by atoms with Crippen LogP contribution in [0.4, 0.5) is 5.13 Å². The van der Waals surface area contributed by atoms with Gasteiger partial charge in [-0.1, -0.05) is 9.68 Å². The number of nitrogens with two attached hydrogens (primary N) is 1. The van der Waals surface area contributed by atoms with Crippen LogP contribution in [0.3, 0.4) is 0 Å². The largest absolute Gasteiger partial charge is 0.477 e. The van der Waals surface area contributed by atoms with Crippen molar-refractivity contribution >= 4 is 69.5 Å². The number of anilines is 1. The topological polar surface area (TPSA) is 207 Å². The summed E-state index contributed by atoms with van der Waals surface area (Å²) in [5, 5.41) is 23.4. The lowest BCUT2D eigenvalue weighted by atomic mass is 10.0. The number of carbonyl (C=O) groups excluding carboxylic acids is 2. The predicted molar refractivity (Wildman–Crippen MR) is 138 cm³/mol. The Morgan fingerprint density at radius 2 is 2.26 bits per heavy atom. The number of H-pyrrole nitrogens is 1. The van der Waals surface area contributed by atoms with Crippen LogP contribution in [0.2, 0.25) is 0 Å². The van der Waals surface area contributed by atoms with Crippen molar-refractivity contribution in [2.75, 3.05) is 18.5 Å². The summed E-state index contributed by atoms with van der Waals surface area (Å²) in [5.41, 5.74) is 9.02. The number of hydrogen-bond acceptors (Lipinski definition) is 15. The first kappa shape index (κ1) is 24.5. The molecule has 6 N–H and O–H groups in total. The van der Waals surface area contributed by atoms with Crippen LogP contribution >= 0.6 is 35.0 Å². The number of hydrazine groups is 2. The molecule has 6 heterocycles. The van der Waals surface area contributed by atoms with Crippen molar-refractivity contribution in [3.8, 4) is 0 Å². The summed E-state index contributed by atoms with van der Waals surface area (Å²) in [6.07, 6.45) is 3.17. The number of thiazole rings is 1. The van der Waals surface area contributed by atoms with E-state index in [1.165, 1.54) is 28.6 Å². The first-order chi connectivity index (χ1) is 18.3. The third-order valence-corrected chi connectivity index (χ3v) is 9.20. The number of nitrogen functional groups attached to an aromatic ring is 1. The summed E-state index contributed by atoms with van der Waals surface area (Å²) in [6, 6.07) is -0.965. The zero-order valence-corrected chi connectivity index (χ0v) is 21.8. The van der Waals surface area contributed by atoms with Crippen LogP contribution < -0.4 is 16.6 Å². The zero-order valence-electron chi connectivity index (χ0n) is 19.4. The number of thioether (sulfide) groups is 1. The molecule has 0 aliphatic carbocycles. The van der Waals surface area contributed by atoms with E-state index in [1.54, 1.807) is 34.4 Å². The Hall–Kier alpha value is -3.81. The minimum absolute atomic E-state index is 0.0276. The second-order valence-electron chi connectivity index (χ2n) is 8.21. The van der Waals surface area contributed by atoms with E-state index in [-0.39, 0.29) is 34.1 Å². The molecular weight excluding hydrogens is 558 g/mol. The molecular formula is C19H19N11O5S3. The van der Waals surface area contributed by atoms with Crippen LogP contribution in [0.5, 0.6) is 0 Å². The lowest BCUT2D eigenvalue weighted by molar-refractivity contribution is -0.150. The van der Waals surface area contributed by atoms with Crippen LogP contribution in [-0.4, -0.2) is 93.3 Å². The van der Waals surface area contributed by atoms with Gasteiger partial charge in [0, 0.05) is 30.6 Å². The van der Waals surface area contributed by atoms with Crippen molar-refractivity contribution in [1.29, 1.82) is 0 Å². The summed E-state index contributed by atoms with van der Waals surface area (Å²) in [4.78, 5) is 56.2. The van der Waals surface area contributed by atoms with Gasteiger partial charge >= 0.3 is 5.97 Å². The van der Waals surface area contributed by atoms with Gasteiger partial charge in [-0.05, 0) is 17.5 Å². The highest BCUT2D eigenvalue weighted by Gasteiger charge is 2.56. The van der Waals surface area contributed by atoms with Crippen molar-refractivity contribution in [3.63, 3.8) is 0 Å². The second-order valence-corrected chi connectivity index (χ2v) is 11.2. The molecule has 2 aromatic heterocycles. The molecule has 198 valence electrons. The quantitative estimate of drug-likeness (QED) is 0.112. The highest BCUT2D eigenvalue weighted by Crippen LogP contribution is 2.46. The number of carbonyl (C=O) groups is 3. The molecule has 0 aromatic carbocycles. The van der Waals surface area contributed by atoms with Crippen LogP contribution in [0.15, 0.2) is 39.3 Å². The first-order valence-electron chi connectivity index (χ1n) is 11.0. The average Bonchev–Trinajstić information content (AvgIpc) is 3.71. The van der Waals surface area contributed by atoms with Gasteiger partial charge in [-0.25, -0.2) is 20.3 Å². The number of aromatic nitrogens is 3. The van der Waals surface area contributed by atoms with E-state index in [0.29, 0.717) is 23.0 Å². The summed E-state index contributed by atoms with van der Waals surface area (Å²) < 4.78 is 1.68. The van der Waals surface area contributed by atoms with E-state index in [9.17, 15) is 19.5 Å². The fraction of sp³-hybridized carbons (Fsp3) is 0.316. The molecule has 4 aliphatic rings. The van der Waals surface area contributed by atoms with Crippen LogP contribution in [0, 0.1) is 0 Å². The fourth-order valence-electron chi connectivity index (χ4n) is 4.20. The number of nitrogens with one attached hydrogen (secondary N) is 3. The fourth-order valence-corrected chi connectivity index (χ4v) is 7.38. The van der Waals surface area contributed by atoms with E-state index in [2.05, 4.69) is 36.1 Å². The van der Waals surface area contributed by atoms with E-state index in [1.807, 2.05) is 0 Å². The summed E-state index contributed by atoms with van der Waals surface area (Å²) in [5.74, 6) is -0.976. The van der Waals surface area contributed by atoms with Crippen molar-refractivity contribution in [2.45, 2.75) is 23.3 Å². The monoisotopic (exact) mass is 577 g/mol. The SMILES string of the molecule is CN1C2=NNN1SC2C1=C(C(=O)O)N2C(=O)[C@@H](NC(=O)/C(=N\OCc3ncc[nH]3)c3csc(N)n3)[C@H]2SC1. The molecule has 16 nitrogen and oxygen atoms in total. The Morgan fingerprint density at radius 3 is 2.89 bits per heavy atom. The molecule has 2 amide bonds. The van der Waals surface area contributed by atoms with Gasteiger partial charge in [0.05, 0.1) is 0 Å². The molecule has 2 saturated heterocycles. The first-order valence-corrected chi connectivity index (χ1v) is 13.7. The molecule has 4 atom stereocenters. The summed E-state index contributed by atoms with van der Waals surface area (Å²) in [6.45, 7) is -0.0276. The van der Waals surface area contributed by atoms with Gasteiger partial charge in [0.2, 0.25) is 0 Å². The lowest BCUT2D eigenvalue weighted by Gasteiger charge is -2.49. The smallest absolute Gasteiger partial charge is 0.352 e. The molecule has 2 aromatic rings. The summed E-state index contributed by atoms with van der Waals surface area (Å²) in [7, 11) is 1.80. The van der Waals surface area contributed by atoms with Crippen molar-refractivity contribution in [2.24, 2.45) is 10.3 Å². The predicted octanol–water partition coefficient (Wildman–Crippen LogP) is -0.881. The molecule has 38 heavy (non-hydrogen) atoms. The third-order valence-electron chi connectivity index (χ3n) is 5.99. The molecule has 6 rings (SSSR count). The Kier molecular flexibility index (Phi) is 6.13. The average molecular weight is 578 g/mol. The number of hydrogen-bond donors (Lipinski definition) is 5. The van der Waals surface area contributed by atoms with E-state index >= 15 is 0 Å². The standard InChI is InChI=1S/C19H19N11O5S3/c1-28-14-13(38-30(28)27-25-14)7-5-36-17-11(16(32)29(17)12(7)18(33)34)24-15(31)10(8-6-37-19(20)23-8)26-35-4-9-21-2-3-22-9/h2-3,6,11,13,17,27H,4-5H2,1H3,(H2,20,23)(H,21,22)(H,24,31)(H,33,34)/b26-10-/t11-,13?,17-/m1/s1. The number of oxime groups is 1. The molecule has 19 heteroatoms. The Bertz CT molecular complexity index is 1410. The Morgan fingerprint density at radius 1 is 1.42 bits per heavy atom. The third kappa shape index (κ3) is 4.03. The number of nitrogens with zero attached hydrogens (tertiary/aromatic N) is 7. The van der Waals surface area contributed by atoms with Gasteiger partial charge in [-0.2, -0.15) is 0 Å². The highest BCUT2D eigenvalue weighted by atomic mass is 32.2. The Balaban J connectivity index is 1.21. The Labute approximate surface area is 226 Å². The molecule has 2 unspecified atom stereocenters. The van der Waals surface area contributed by atoms with E-state index in [0.717, 1.165) is 11.3 Å². The van der Waals surface area contributed by atoms with Gasteiger partial charge in [-0.15, -0.1) is 28.2 Å². The number of amidine groups is 1. The van der Waals surface area contributed by atoms with E-state index < -0.39 is 29.2 Å². The number of hydrazone groups is 1. The van der Waals surface area contributed by atoms with E-state index in [4.69, 9.17) is 10.6 Å². The zero-order chi connectivity index (χ0) is 26.6. The number of carboxylic acids is 1. The number of aliphatic carboxylic acids is 1.